The molecule has 0 aliphatic heterocycles. The highest BCUT2D eigenvalue weighted by molar-refractivity contribution is 5.84. The molecule has 3 nitrogen and oxygen atoms in total. The third-order valence-corrected chi connectivity index (χ3v) is 3.23. The van der Waals surface area contributed by atoms with Crippen molar-refractivity contribution in [3.05, 3.63) is 35.9 Å². The summed E-state index contributed by atoms with van der Waals surface area (Å²) in [5.41, 5.74) is 2.38. The van der Waals surface area contributed by atoms with Gasteiger partial charge in [-0.2, -0.15) is 0 Å². The Kier molecular flexibility index (Phi) is 5.36. The molecule has 1 heterocycles. The first-order chi connectivity index (χ1) is 9.70. The fourth-order valence-electron chi connectivity index (χ4n) is 2.23. The van der Waals surface area contributed by atoms with E-state index in [0.717, 1.165) is 37.4 Å². The molecule has 0 radical (unpaired) electrons. The van der Waals surface area contributed by atoms with Gasteiger partial charge in [-0.15, -0.1) is 0 Å². The van der Waals surface area contributed by atoms with E-state index in [2.05, 4.69) is 60.7 Å². The summed E-state index contributed by atoms with van der Waals surface area (Å²) in [6.45, 7) is 9.51. The van der Waals surface area contributed by atoms with E-state index in [1.165, 1.54) is 10.9 Å². The SMILES string of the molecule is CCCNc1cc(CNCC(C)C)c2ccccc2n1. The molecule has 1 aromatic carbocycles. The zero-order chi connectivity index (χ0) is 14.4. The molecule has 0 aliphatic carbocycles. The predicted octanol–water partition coefficient (Wildman–Crippen LogP) is 3.80. The van der Waals surface area contributed by atoms with E-state index in [4.69, 9.17) is 0 Å². The summed E-state index contributed by atoms with van der Waals surface area (Å²) in [5, 5.41) is 8.15. The van der Waals surface area contributed by atoms with Crippen molar-refractivity contribution in [2.75, 3.05) is 18.4 Å². The van der Waals surface area contributed by atoms with E-state index < -0.39 is 0 Å². The first kappa shape index (κ1) is 14.8. The largest absolute Gasteiger partial charge is 0.370 e. The average Bonchev–Trinajstić information content (AvgIpc) is 2.44. The lowest BCUT2D eigenvalue weighted by Gasteiger charge is -2.12. The van der Waals surface area contributed by atoms with Crippen LogP contribution < -0.4 is 10.6 Å². The lowest BCUT2D eigenvalue weighted by molar-refractivity contribution is 0.553. The van der Waals surface area contributed by atoms with Crippen LogP contribution in [0.2, 0.25) is 0 Å². The van der Waals surface area contributed by atoms with Crippen LogP contribution in [0.5, 0.6) is 0 Å². The molecule has 2 N–H and O–H groups in total. The van der Waals surface area contributed by atoms with Crippen molar-refractivity contribution >= 4 is 16.7 Å². The van der Waals surface area contributed by atoms with Crippen molar-refractivity contribution in [1.82, 2.24) is 10.3 Å². The van der Waals surface area contributed by atoms with E-state index in [1.54, 1.807) is 0 Å². The van der Waals surface area contributed by atoms with E-state index in [9.17, 15) is 0 Å². The van der Waals surface area contributed by atoms with E-state index >= 15 is 0 Å². The maximum Gasteiger partial charge on any atom is 0.126 e. The molecule has 2 rings (SSSR count). The molecular weight excluding hydrogens is 246 g/mol. The van der Waals surface area contributed by atoms with Gasteiger partial charge in [0.05, 0.1) is 5.52 Å². The third kappa shape index (κ3) is 3.94. The van der Waals surface area contributed by atoms with Gasteiger partial charge in [0, 0.05) is 18.5 Å². The van der Waals surface area contributed by atoms with E-state index in [1.807, 2.05) is 6.07 Å². The second-order valence-electron chi connectivity index (χ2n) is 5.64. The minimum atomic E-state index is 0.667. The van der Waals surface area contributed by atoms with Crippen LogP contribution in [0.15, 0.2) is 30.3 Å². The molecule has 0 spiro atoms. The lowest BCUT2D eigenvalue weighted by atomic mass is 10.1. The van der Waals surface area contributed by atoms with Crippen LogP contribution in [0.1, 0.15) is 32.8 Å². The van der Waals surface area contributed by atoms with Crippen molar-refractivity contribution < 1.29 is 0 Å². The fraction of sp³-hybridized carbons (Fsp3) is 0.471. The molecule has 0 aliphatic rings. The van der Waals surface area contributed by atoms with Crippen LogP contribution in [-0.4, -0.2) is 18.1 Å². The number of rotatable bonds is 7. The molecule has 2 aromatic rings. The average molecular weight is 271 g/mol. The number of aromatic nitrogens is 1. The van der Waals surface area contributed by atoms with Gasteiger partial charge in [0.15, 0.2) is 0 Å². The molecule has 20 heavy (non-hydrogen) atoms. The third-order valence-electron chi connectivity index (χ3n) is 3.23. The topological polar surface area (TPSA) is 37.0 Å². The minimum Gasteiger partial charge on any atom is -0.370 e. The minimum absolute atomic E-state index is 0.667. The summed E-state index contributed by atoms with van der Waals surface area (Å²) in [6.07, 6.45) is 1.11. The van der Waals surface area contributed by atoms with Crippen molar-refractivity contribution in [1.29, 1.82) is 0 Å². The molecule has 0 saturated carbocycles. The normalized spacial score (nSPS) is 11.2. The van der Waals surface area contributed by atoms with Gasteiger partial charge in [-0.05, 0) is 36.6 Å². The Morgan fingerprint density at radius 1 is 1.20 bits per heavy atom. The van der Waals surface area contributed by atoms with Crippen molar-refractivity contribution in [3.63, 3.8) is 0 Å². The van der Waals surface area contributed by atoms with Gasteiger partial charge in [-0.25, -0.2) is 4.98 Å². The summed E-state index contributed by atoms with van der Waals surface area (Å²) in [7, 11) is 0. The Hall–Kier alpha value is -1.61. The van der Waals surface area contributed by atoms with Crippen LogP contribution in [0.25, 0.3) is 10.9 Å². The Morgan fingerprint density at radius 2 is 2.00 bits per heavy atom. The van der Waals surface area contributed by atoms with Gasteiger partial charge in [0.25, 0.3) is 0 Å². The first-order valence-electron chi connectivity index (χ1n) is 7.54. The second-order valence-corrected chi connectivity index (χ2v) is 5.64. The van der Waals surface area contributed by atoms with Gasteiger partial charge in [-0.1, -0.05) is 39.0 Å². The molecule has 0 amide bonds. The number of para-hydroxylation sites is 1. The number of pyridine rings is 1. The smallest absolute Gasteiger partial charge is 0.126 e. The van der Waals surface area contributed by atoms with Crippen molar-refractivity contribution in [2.45, 2.75) is 33.7 Å². The molecule has 0 saturated heterocycles. The molecule has 3 heteroatoms. The number of hydrogen-bond donors (Lipinski definition) is 2. The van der Waals surface area contributed by atoms with Crippen LogP contribution in [0, 0.1) is 5.92 Å². The highest BCUT2D eigenvalue weighted by Gasteiger charge is 2.05. The summed E-state index contributed by atoms with van der Waals surface area (Å²) < 4.78 is 0. The zero-order valence-corrected chi connectivity index (χ0v) is 12.7. The standard InChI is InChI=1S/C17H25N3/c1-4-9-19-17-10-14(12-18-11-13(2)3)15-7-5-6-8-16(15)20-17/h5-8,10,13,18H,4,9,11-12H2,1-3H3,(H,19,20). The highest BCUT2D eigenvalue weighted by atomic mass is 15.0. The monoisotopic (exact) mass is 271 g/mol. The first-order valence-corrected chi connectivity index (χ1v) is 7.54. The number of benzene rings is 1. The summed E-state index contributed by atoms with van der Waals surface area (Å²) >= 11 is 0. The van der Waals surface area contributed by atoms with Gasteiger partial charge in [-0.3, -0.25) is 0 Å². The number of nitrogens with one attached hydrogen (secondary N) is 2. The predicted molar refractivity (Wildman–Crippen MR) is 87.1 cm³/mol. The van der Waals surface area contributed by atoms with Gasteiger partial charge < -0.3 is 10.6 Å². The Morgan fingerprint density at radius 3 is 2.75 bits per heavy atom. The van der Waals surface area contributed by atoms with Crippen molar-refractivity contribution in [2.24, 2.45) is 5.92 Å². The van der Waals surface area contributed by atoms with Gasteiger partial charge in [0.2, 0.25) is 0 Å². The Bertz CT molecular complexity index is 549. The summed E-state index contributed by atoms with van der Waals surface area (Å²) in [5.74, 6) is 1.65. The van der Waals surface area contributed by atoms with Gasteiger partial charge in [0.1, 0.15) is 5.82 Å². The number of anilines is 1. The molecule has 0 fully saturated rings. The van der Waals surface area contributed by atoms with E-state index in [-0.39, 0.29) is 0 Å². The molecule has 0 unspecified atom stereocenters. The number of fused-ring (bicyclic) bond motifs is 1. The molecule has 0 atom stereocenters. The van der Waals surface area contributed by atoms with Crippen LogP contribution >= 0.6 is 0 Å². The molecule has 1 aromatic heterocycles. The molecule has 0 bridgehead atoms. The maximum atomic E-state index is 4.68. The summed E-state index contributed by atoms with van der Waals surface area (Å²) in [4.78, 5) is 4.68. The Balaban J connectivity index is 2.24. The van der Waals surface area contributed by atoms with Crippen LogP contribution in [0.3, 0.4) is 0 Å². The number of hydrogen-bond acceptors (Lipinski definition) is 3. The maximum absolute atomic E-state index is 4.68. The van der Waals surface area contributed by atoms with Crippen LogP contribution in [-0.2, 0) is 6.54 Å². The fourth-order valence-corrected chi connectivity index (χ4v) is 2.23. The second kappa shape index (κ2) is 7.25. The molecular formula is C17H25N3. The van der Waals surface area contributed by atoms with Crippen molar-refractivity contribution in [3.8, 4) is 0 Å². The van der Waals surface area contributed by atoms with E-state index in [0.29, 0.717) is 5.92 Å². The van der Waals surface area contributed by atoms with Gasteiger partial charge >= 0.3 is 0 Å². The van der Waals surface area contributed by atoms with Crippen LogP contribution in [0.4, 0.5) is 5.82 Å². The highest BCUT2D eigenvalue weighted by Crippen LogP contribution is 2.20. The number of nitrogens with zero attached hydrogens (tertiary/aromatic N) is 1. The zero-order valence-electron chi connectivity index (χ0n) is 12.7. The molecule has 108 valence electrons. The summed E-state index contributed by atoms with van der Waals surface area (Å²) in [6, 6.07) is 10.5. The Labute approximate surface area is 121 Å². The lowest BCUT2D eigenvalue weighted by Crippen LogP contribution is -2.19. The quantitative estimate of drug-likeness (QED) is 0.804.